The van der Waals surface area contributed by atoms with Crippen molar-refractivity contribution in [2.24, 2.45) is 0 Å². The SMILES string of the molecule is CNC(=O)[C@H](C)Nc1nc2ccccc2c2nc(-c3cccc(OC)c3)nn12. The predicted molar refractivity (Wildman–Crippen MR) is 107 cm³/mol. The predicted octanol–water partition coefficient (Wildman–Crippen LogP) is 2.50. The van der Waals surface area contributed by atoms with Crippen LogP contribution in [-0.2, 0) is 4.79 Å². The van der Waals surface area contributed by atoms with E-state index in [1.54, 1.807) is 25.6 Å². The second-order valence-corrected chi connectivity index (χ2v) is 6.34. The molecule has 28 heavy (non-hydrogen) atoms. The van der Waals surface area contributed by atoms with Crippen LogP contribution in [0.4, 0.5) is 5.95 Å². The third kappa shape index (κ3) is 3.09. The van der Waals surface area contributed by atoms with E-state index in [1.165, 1.54) is 0 Å². The number of likely N-dealkylation sites (N-methyl/N-ethyl adjacent to an activating group) is 1. The molecule has 1 atom stereocenters. The van der Waals surface area contributed by atoms with E-state index in [2.05, 4.69) is 20.7 Å². The molecule has 1 amide bonds. The van der Waals surface area contributed by atoms with Crippen LogP contribution >= 0.6 is 0 Å². The van der Waals surface area contributed by atoms with Gasteiger partial charge in [0.1, 0.15) is 11.8 Å². The summed E-state index contributed by atoms with van der Waals surface area (Å²) in [5.41, 5.74) is 2.26. The van der Waals surface area contributed by atoms with Gasteiger partial charge in [-0.3, -0.25) is 4.79 Å². The maximum absolute atomic E-state index is 12.0. The first kappa shape index (κ1) is 17.7. The van der Waals surface area contributed by atoms with Crippen LogP contribution in [-0.4, -0.2) is 45.7 Å². The van der Waals surface area contributed by atoms with Crippen LogP contribution in [0.25, 0.3) is 27.9 Å². The molecule has 0 aliphatic rings. The number of ether oxygens (including phenoxy) is 1. The lowest BCUT2D eigenvalue weighted by molar-refractivity contribution is -0.121. The average Bonchev–Trinajstić information content (AvgIpc) is 3.19. The third-order valence-corrected chi connectivity index (χ3v) is 4.49. The number of fused-ring (bicyclic) bond motifs is 3. The van der Waals surface area contributed by atoms with Gasteiger partial charge < -0.3 is 15.4 Å². The summed E-state index contributed by atoms with van der Waals surface area (Å²) in [6.45, 7) is 1.77. The summed E-state index contributed by atoms with van der Waals surface area (Å²) >= 11 is 0. The Morgan fingerprint density at radius 1 is 1.14 bits per heavy atom. The fraction of sp³-hybridized carbons (Fsp3) is 0.200. The largest absolute Gasteiger partial charge is 0.497 e. The van der Waals surface area contributed by atoms with Crippen molar-refractivity contribution in [3.63, 3.8) is 0 Å². The Balaban J connectivity index is 1.90. The maximum atomic E-state index is 12.0. The van der Waals surface area contributed by atoms with Crippen molar-refractivity contribution in [1.82, 2.24) is 24.9 Å². The molecule has 0 unspecified atom stereocenters. The normalized spacial score (nSPS) is 12.1. The molecule has 0 bridgehead atoms. The van der Waals surface area contributed by atoms with Crippen LogP contribution in [0.5, 0.6) is 5.75 Å². The van der Waals surface area contributed by atoms with Gasteiger partial charge in [0.05, 0.1) is 12.6 Å². The Kier molecular flexibility index (Phi) is 4.52. The number of nitrogens with zero attached hydrogens (tertiary/aromatic N) is 4. The van der Waals surface area contributed by atoms with E-state index in [0.717, 1.165) is 22.2 Å². The number of hydrogen-bond donors (Lipinski definition) is 2. The number of para-hydroxylation sites is 1. The van der Waals surface area contributed by atoms with Gasteiger partial charge in [0, 0.05) is 18.0 Å². The zero-order valence-corrected chi connectivity index (χ0v) is 15.8. The molecule has 142 valence electrons. The number of amides is 1. The zero-order valence-electron chi connectivity index (χ0n) is 15.8. The standard InChI is InChI=1S/C20H20N6O2/c1-12(19(27)21-2)22-20-23-16-10-5-4-9-15(16)18-24-17(25-26(18)20)13-7-6-8-14(11-13)28-3/h4-12H,1-3H3,(H,21,27)(H,22,23)/t12-/m0/s1. The fourth-order valence-corrected chi connectivity index (χ4v) is 3.01. The number of hydrogen-bond acceptors (Lipinski definition) is 6. The van der Waals surface area contributed by atoms with Gasteiger partial charge in [-0.1, -0.05) is 24.3 Å². The van der Waals surface area contributed by atoms with Gasteiger partial charge in [0.25, 0.3) is 0 Å². The molecule has 0 spiro atoms. The lowest BCUT2D eigenvalue weighted by atomic mass is 10.2. The van der Waals surface area contributed by atoms with Gasteiger partial charge in [0.2, 0.25) is 11.9 Å². The number of carbonyl (C=O) groups is 1. The molecule has 2 aromatic heterocycles. The summed E-state index contributed by atoms with van der Waals surface area (Å²) in [6.07, 6.45) is 0. The molecular formula is C20H20N6O2. The number of carbonyl (C=O) groups excluding carboxylic acids is 1. The highest BCUT2D eigenvalue weighted by Gasteiger charge is 2.18. The van der Waals surface area contributed by atoms with Crippen molar-refractivity contribution < 1.29 is 9.53 Å². The monoisotopic (exact) mass is 376 g/mol. The second kappa shape index (κ2) is 7.15. The lowest BCUT2D eigenvalue weighted by Gasteiger charge is -2.14. The number of aromatic nitrogens is 4. The Bertz CT molecular complexity index is 1170. The van der Waals surface area contributed by atoms with Gasteiger partial charge in [-0.25, -0.2) is 9.97 Å². The van der Waals surface area contributed by atoms with Crippen LogP contribution in [0.2, 0.25) is 0 Å². The van der Waals surface area contributed by atoms with Gasteiger partial charge in [-0.05, 0) is 31.2 Å². The van der Waals surface area contributed by atoms with E-state index < -0.39 is 6.04 Å². The first-order valence-electron chi connectivity index (χ1n) is 8.89. The molecule has 4 aromatic rings. The van der Waals surface area contributed by atoms with Crippen molar-refractivity contribution in [2.45, 2.75) is 13.0 Å². The van der Waals surface area contributed by atoms with Gasteiger partial charge >= 0.3 is 0 Å². The van der Waals surface area contributed by atoms with Gasteiger partial charge in [-0.2, -0.15) is 4.52 Å². The highest BCUT2D eigenvalue weighted by Crippen LogP contribution is 2.26. The summed E-state index contributed by atoms with van der Waals surface area (Å²) in [7, 11) is 3.22. The maximum Gasteiger partial charge on any atom is 0.242 e. The van der Waals surface area contributed by atoms with Crippen LogP contribution in [0.3, 0.4) is 0 Å². The minimum absolute atomic E-state index is 0.142. The zero-order chi connectivity index (χ0) is 19.7. The number of rotatable bonds is 5. The molecule has 0 radical (unpaired) electrons. The highest BCUT2D eigenvalue weighted by molar-refractivity contribution is 5.93. The van der Waals surface area contributed by atoms with Crippen LogP contribution in [0, 0.1) is 0 Å². The Hall–Kier alpha value is -3.68. The van der Waals surface area contributed by atoms with Crippen LogP contribution in [0.15, 0.2) is 48.5 Å². The fourth-order valence-electron chi connectivity index (χ4n) is 3.01. The minimum Gasteiger partial charge on any atom is -0.497 e. The molecular weight excluding hydrogens is 356 g/mol. The average molecular weight is 376 g/mol. The van der Waals surface area contributed by atoms with Crippen molar-refractivity contribution in [1.29, 1.82) is 0 Å². The van der Waals surface area contributed by atoms with Crippen LogP contribution < -0.4 is 15.4 Å². The summed E-state index contributed by atoms with van der Waals surface area (Å²) in [5.74, 6) is 1.58. The number of anilines is 1. The van der Waals surface area contributed by atoms with Crippen molar-refractivity contribution >= 4 is 28.4 Å². The summed E-state index contributed by atoms with van der Waals surface area (Å²) in [6, 6.07) is 14.8. The molecule has 2 aromatic carbocycles. The minimum atomic E-state index is -0.480. The Morgan fingerprint density at radius 3 is 2.75 bits per heavy atom. The molecule has 0 fully saturated rings. The number of benzene rings is 2. The number of nitrogens with one attached hydrogen (secondary N) is 2. The first-order chi connectivity index (χ1) is 13.6. The Morgan fingerprint density at radius 2 is 1.96 bits per heavy atom. The van der Waals surface area contributed by atoms with Crippen molar-refractivity contribution in [3.8, 4) is 17.1 Å². The van der Waals surface area contributed by atoms with E-state index in [1.807, 2.05) is 48.5 Å². The third-order valence-electron chi connectivity index (χ3n) is 4.49. The molecule has 2 heterocycles. The van der Waals surface area contributed by atoms with E-state index in [9.17, 15) is 4.79 Å². The van der Waals surface area contributed by atoms with Crippen molar-refractivity contribution in [3.05, 3.63) is 48.5 Å². The van der Waals surface area contributed by atoms with Gasteiger partial charge in [0.15, 0.2) is 11.5 Å². The van der Waals surface area contributed by atoms with Crippen LogP contribution in [0.1, 0.15) is 6.92 Å². The summed E-state index contributed by atoms with van der Waals surface area (Å²) < 4.78 is 6.94. The molecule has 0 aliphatic carbocycles. The van der Waals surface area contributed by atoms with E-state index in [-0.39, 0.29) is 5.91 Å². The van der Waals surface area contributed by atoms with Crippen molar-refractivity contribution in [2.75, 3.05) is 19.5 Å². The summed E-state index contributed by atoms with van der Waals surface area (Å²) in [5, 5.41) is 11.3. The first-order valence-corrected chi connectivity index (χ1v) is 8.89. The molecule has 0 saturated carbocycles. The van der Waals surface area contributed by atoms with E-state index in [4.69, 9.17) is 9.72 Å². The number of methoxy groups -OCH3 is 1. The smallest absolute Gasteiger partial charge is 0.242 e. The van der Waals surface area contributed by atoms with E-state index in [0.29, 0.717) is 17.4 Å². The van der Waals surface area contributed by atoms with E-state index >= 15 is 0 Å². The molecule has 8 nitrogen and oxygen atoms in total. The Labute approximate surface area is 161 Å². The molecule has 4 rings (SSSR count). The summed E-state index contributed by atoms with van der Waals surface area (Å²) in [4.78, 5) is 21.3. The molecule has 8 heteroatoms. The topological polar surface area (TPSA) is 93.4 Å². The molecule has 0 saturated heterocycles. The molecule has 0 aliphatic heterocycles. The lowest BCUT2D eigenvalue weighted by Crippen LogP contribution is -2.36. The molecule has 2 N–H and O–H groups in total. The quantitative estimate of drug-likeness (QED) is 0.556. The highest BCUT2D eigenvalue weighted by atomic mass is 16.5. The second-order valence-electron chi connectivity index (χ2n) is 6.34. The van der Waals surface area contributed by atoms with Gasteiger partial charge in [-0.15, -0.1) is 5.10 Å².